The second-order valence-electron chi connectivity index (χ2n) is 3.86. The highest BCUT2D eigenvalue weighted by atomic mass is 19.1. The van der Waals surface area contributed by atoms with Crippen LogP contribution in [0.3, 0.4) is 0 Å². The summed E-state index contributed by atoms with van der Waals surface area (Å²) in [5, 5.41) is 0. The van der Waals surface area contributed by atoms with E-state index in [1.54, 1.807) is 6.07 Å². The van der Waals surface area contributed by atoms with Crippen molar-refractivity contribution in [3.63, 3.8) is 0 Å². The molecule has 1 nitrogen and oxygen atoms in total. The van der Waals surface area contributed by atoms with E-state index >= 15 is 0 Å². The summed E-state index contributed by atoms with van der Waals surface area (Å²) in [5.41, 5.74) is 0.768. The predicted octanol–water partition coefficient (Wildman–Crippen LogP) is 2.80. The number of para-hydroxylation sites is 1. The molecule has 2 heteroatoms. The molecule has 0 heterocycles. The monoisotopic (exact) mass is 182 g/mol. The second kappa shape index (κ2) is 3.88. The maximum absolute atomic E-state index is 13.4. The van der Waals surface area contributed by atoms with Crippen LogP contribution in [0.2, 0.25) is 0 Å². The van der Waals surface area contributed by atoms with Gasteiger partial charge in [-0.3, -0.25) is 4.48 Å². The van der Waals surface area contributed by atoms with Gasteiger partial charge in [-0.25, -0.2) is 4.39 Å². The molecule has 0 unspecified atom stereocenters. The van der Waals surface area contributed by atoms with Crippen molar-refractivity contribution < 1.29 is 4.39 Å². The van der Waals surface area contributed by atoms with Gasteiger partial charge in [-0.2, -0.15) is 0 Å². The normalized spacial score (nSPS) is 11.7. The molecular formula is C11H17FN+. The molecule has 0 radical (unpaired) electrons. The molecule has 1 aromatic carbocycles. The minimum atomic E-state index is -0.110. The van der Waals surface area contributed by atoms with Gasteiger partial charge in [-0.05, 0) is 12.5 Å². The molecule has 0 aromatic heterocycles. The van der Waals surface area contributed by atoms with Gasteiger partial charge in [0.05, 0.1) is 20.6 Å². The average Bonchev–Trinajstić information content (AvgIpc) is 2.04. The predicted molar refractivity (Wildman–Crippen MR) is 55.2 cm³/mol. The van der Waals surface area contributed by atoms with E-state index in [4.69, 9.17) is 0 Å². The van der Waals surface area contributed by atoms with Crippen molar-refractivity contribution in [3.8, 4) is 0 Å². The Kier molecular flexibility index (Phi) is 3.04. The Hall–Kier alpha value is -0.890. The van der Waals surface area contributed by atoms with Crippen molar-refractivity contribution >= 4 is 5.69 Å². The maximum atomic E-state index is 13.4. The molecule has 0 saturated heterocycles. The molecule has 13 heavy (non-hydrogen) atoms. The van der Waals surface area contributed by atoms with Crippen molar-refractivity contribution in [3.05, 3.63) is 30.1 Å². The zero-order chi connectivity index (χ0) is 9.90. The van der Waals surface area contributed by atoms with Gasteiger partial charge in [0.15, 0.2) is 11.5 Å². The van der Waals surface area contributed by atoms with E-state index in [0.717, 1.165) is 18.7 Å². The van der Waals surface area contributed by atoms with Crippen LogP contribution in [0.5, 0.6) is 0 Å². The number of hydrogen-bond acceptors (Lipinski definition) is 0. The Balaban J connectivity index is 2.99. The van der Waals surface area contributed by atoms with Crippen LogP contribution in [-0.4, -0.2) is 20.6 Å². The Morgan fingerprint density at radius 3 is 2.38 bits per heavy atom. The third-order valence-electron chi connectivity index (χ3n) is 2.29. The number of hydrogen-bond donors (Lipinski definition) is 0. The van der Waals surface area contributed by atoms with E-state index in [2.05, 4.69) is 6.92 Å². The third kappa shape index (κ3) is 2.28. The summed E-state index contributed by atoms with van der Waals surface area (Å²) in [4.78, 5) is 0. The number of halogens is 1. The van der Waals surface area contributed by atoms with Crippen molar-refractivity contribution in [2.75, 3.05) is 20.6 Å². The van der Waals surface area contributed by atoms with Gasteiger partial charge in [0.2, 0.25) is 0 Å². The summed E-state index contributed by atoms with van der Waals surface area (Å²) in [5.74, 6) is -0.110. The number of quaternary nitrogens is 1. The lowest BCUT2D eigenvalue weighted by Gasteiger charge is -2.28. The van der Waals surface area contributed by atoms with Crippen LogP contribution in [0.4, 0.5) is 10.1 Å². The zero-order valence-electron chi connectivity index (χ0n) is 8.55. The maximum Gasteiger partial charge on any atom is 0.183 e. The first kappa shape index (κ1) is 10.2. The van der Waals surface area contributed by atoms with Crippen LogP contribution in [0.1, 0.15) is 13.3 Å². The zero-order valence-corrected chi connectivity index (χ0v) is 8.55. The van der Waals surface area contributed by atoms with E-state index in [9.17, 15) is 4.39 Å². The summed E-state index contributed by atoms with van der Waals surface area (Å²) in [6, 6.07) is 6.98. The van der Waals surface area contributed by atoms with E-state index < -0.39 is 0 Å². The Labute approximate surface area is 79.4 Å². The molecule has 0 saturated carbocycles. The lowest BCUT2D eigenvalue weighted by atomic mass is 10.2. The van der Waals surface area contributed by atoms with Gasteiger partial charge < -0.3 is 0 Å². The summed E-state index contributed by atoms with van der Waals surface area (Å²) >= 11 is 0. The molecule has 0 spiro atoms. The summed E-state index contributed by atoms with van der Waals surface area (Å²) in [7, 11) is 4.06. The number of rotatable bonds is 3. The lowest BCUT2D eigenvalue weighted by molar-refractivity contribution is 0.382. The van der Waals surface area contributed by atoms with Crippen LogP contribution in [0.25, 0.3) is 0 Å². The molecule has 0 N–H and O–H groups in total. The highest BCUT2D eigenvalue weighted by molar-refractivity contribution is 5.42. The van der Waals surface area contributed by atoms with Crippen molar-refractivity contribution in [1.29, 1.82) is 0 Å². The van der Waals surface area contributed by atoms with Crippen molar-refractivity contribution in [2.24, 2.45) is 0 Å². The first-order valence-electron chi connectivity index (χ1n) is 4.66. The molecule has 0 aliphatic rings. The van der Waals surface area contributed by atoms with Gasteiger partial charge in [0.25, 0.3) is 0 Å². The van der Waals surface area contributed by atoms with Gasteiger partial charge >= 0.3 is 0 Å². The fourth-order valence-electron chi connectivity index (χ4n) is 1.62. The average molecular weight is 182 g/mol. The molecule has 1 rings (SSSR count). The Morgan fingerprint density at radius 1 is 1.23 bits per heavy atom. The molecule has 0 bridgehead atoms. The van der Waals surface area contributed by atoms with Crippen LogP contribution in [0, 0.1) is 5.82 Å². The van der Waals surface area contributed by atoms with Gasteiger partial charge in [-0.15, -0.1) is 0 Å². The molecule has 0 aliphatic heterocycles. The molecule has 0 atom stereocenters. The van der Waals surface area contributed by atoms with Crippen LogP contribution < -0.4 is 4.48 Å². The number of nitrogens with zero attached hydrogens (tertiary/aromatic N) is 1. The fraction of sp³-hybridized carbons (Fsp3) is 0.455. The molecule has 0 aliphatic carbocycles. The van der Waals surface area contributed by atoms with Crippen LogP contribution in [-0.2, 0) is 0 Å². The van der Waals surface area contributed by atoms with Crippen LogP contribution in [0.15, 0.2) is 24.3 Å². The van der Waals surface area contributed by atoms with Crippen molar-refractivity contribution in [2.45, 2.75) is 13.3 Å². The van der Waals surface area contributed by atoms with Gasteiger partial charge in [0, 0.05) is 6.07 Å². The summed E-state index contributed by atoms with van der Waals surface area (Å²) in [6.07, 6.45) is 1.06. The standard InChI is InChI=1S/C11H17FN/c1-4-9-13(2,3)11-8-6-5-7-10(11)12/h5-8H,4,9H2,1-3H3/q+1. The molecule has 0 fully saturated rings. The number of benzene rings is 1. The van der Waals surface area contributed by atoms with E-state index in [-0.39, 0.29) is 5.82 Å². The van der Waals surface area contributed by atoms with E-state index in [0.29, 0.717) is 4.48 Å². The Morgan fingerprint density at radius 2 is 1.85 bits per heavy atom. The first-order valence-corrected chi connectivity index (χ1v) is 4.66. The molecule has 72 valence electrons. The van der Waals surface area contributed by atoms with Crippen LogP contribution >= 0.6 is 0 Å². The van der Waals surface area contributed by atoms with Gasteiger partial charge in [-0.1, -0.05) is 19.1 Å². The summed E-state index contributed by atoms with van der Waals surface area (Å²) in [6.45, 7) is 3.07. The minimum absolute atomic E-state index is 0.110. The quantitative estimate of drug-likeness (QED) is 0.630. The lowest BCUT2D eigenvalue weighted by Crippen LogP contribution is -2.41. The summed E-state index contributed by atoms with van der Waals surface area (Å²) < 4.78 is 14.0. The first-order chi connectivity index (χ1) is 6.08. The highest BCUT2D eigenvalue weighted by Gasteiger charge is 2.21. The third-order valence-corrected chi connectivity index (χ3v) is 2.29. The largest absolute Gasteiger partial charge is 0.293 e. The van der Waals surface area contributed by atoms with Gasteiger partial charge in [0.1, 0.15) is 0 Å². The fourth-order valence-corrected chi connectivity index (χ4v) is 1.62. The minimum Gasteiger partial charge on any atom is -0.293 e. The Bertz CT molecular complexity index is 281. The van der Waals surface area contributed by atoms with E-state index in [1.807, 2.05) is 26.2 Å². The van der Waals surface area contributed by atoms with Crippen molar-refractivity contribution in [1.82, 2.24) is 4.48 Å². The van der Waals surface area contributed by atoms with E-state index in [1.165, 1.54) is 6.07 Å². The molecule has 0 amide bonds. The topological polar surface area (TPSA) is 0 Å². The SMILES string of the molecule is CCC[N+](C)(C)c1ccccc1F. The second-order valence-corrected chi connectivity index (χ2v) is 3.86. The highest BCUT2D eigenvalue weighted by Crippen LogP contribution is 2.22. The molecular weight excluding hydrogens is 165 g/mol. The smallest absolute Gasteiger partial charge is 0.183 e. The molecule has 1 aromatic rings.